The van der Waals surface area contributed by atoms with Crippen LogP contribution in [0.3, 0.4) is 0 Å². The summed E-state index contributed by atoms with van der Waals surface area (Å²) in [5.74, 6) is 0.951. The standard InChI is InChI=1S/C20H20BrClN4OS/c1-4-26-19(14-5-7-16(22)8-6-14)24-25-20(26)28-11-17(27)23-18-12(2)9-15(21)10-13(18)3/h5-10H,4,11H2,1-3H3,(H,23,27). The van der Waals surface area contributed by atoms with Crippen LogP contribution in [-0.4, -0.2) is 26.4 Å². The quantitative estimate of drug-likeness (QED) is 0.459. The third kappa shape index (κ3) is 4.77. The predicted molar refractivity (Wildman–Crippen MR) is 119 cm³/mol. The van der Waals surface area contributed by atoms with Crippen LogP contribution in [-0.2, 0) is 11.3 Å². The number of rotatable bonds is 6. The molecule has 2 aromatic carbocycles. The van der Waals surface area contributed by atoms with E-state index in [1.165, 1.54) is 11.8 Å². The van der Waals surface area contributed by atoms with Crippen molar-refractivity contribution in [3.05, 3.63) is 57.0 Å². The molecule has 0 bridgehead atoms. The Labute approximate surface area is 182 Å². The molecule has 0 saturated carbocycles. The molecule has 28 heavy (non-hydrogen) atoms. The number of carbonyl (C=O) groups excluding carboxylic acids is 1. The molecule has 1 heterocycles. The smallest absolute Gasteiger partial charge is 0.234 e. The molecule has 0 fully saturated rings. The second kappa shape index (κ2) is 9.11. The predicted octanol–water partition coefficient (Wildman–Crippen LogP) is 5.73. The molecule has 1 N–H and O–H groups in total. The molecule has 0 aliphatic carbocycles. The highest BCUT2D eigenvalue weighted by Gasteiger charge is 2.15. The lowest BCUT2D eigenvalue weighted by Crippen LogP contribution is -2.16. The van der Waals surface area contributed by atoms with E-state index in [1.807, 2.05) is 61.7 Å². The van der Waals surface area contributed by atoms with Crippen molar-refractivity contribution in [3.63, 3.8) is 0 Å². The van der Waals surface area contributed by atoms with Gasteiger partial charge in [0.05, 0.1) is 5.75 Å². The van der Waals surface area contributed by atoms with Crippen molar-refractivity contribution >= 4 is 50.9 Å². The van der Waals surface area contributed by atoms with Crippen molar-refractivity contribution in [2.45, 2.75) is 32.5 Å². The third-order valence-electron chi connectivity index (χ3n) is 4.23. The molecule has 3 aromatic rings. The number of carbonyl (C=O) groups is 1. The van der Waals surface area contributed by atoms with E-state index in [0.717, 1.165) is 32.7 Å². The SMILES string of the molecule is CCn1c(SCC(=O)Nc2c(C)cc(Br)cc2C)nnc1-c1ccc(Cl)cc1. The van der Waals surface area contributed by atoms with Gasteiger partial charge in [0.1, 0.15) is 0 Å². The van der Waals surface area contributed by atoms with Gasteiger partial charge in [0, 0.05) is 27.3 Å². The lowest BCUT2D eigenvalue weighted by Gasteiger charge is -2.12. The molecule has 0 atom stereocenters. The van der Waals surface area contributed by atoms with Gasteiger partial charge in [-0.25, -0.2) is 0 Å². The number of anilines is 1. The topological polar surface area (TPSA) is 59.8 Å². The zero-order valence-corrected chi connectivity index (χ0v) is 19.0. The van der Waals surface area contributed by atoms with E-state index in [9.17, 15) is 4.79 Å². The second-order valence-corrected chi connectivity index (χ2v) is 8.60. The molecule has 1 amide bonds. The van der Waals surface area contributed by atoms with E-state index < -0.39 is 0 Å². The number of amides is 1. The summed E-state index contributed by atoms with van der Waals surface area (Å²) in [6.07, 6.45) is 0. The van der Waals surface area contributed by atoms with Crippen molar-refractivity contribution in [1.82, 2.24) is 14.8 Å². The first-order chi connectivity index (χ1) is 13.4. The largest absolute Gasteiger partial charge is 0.325 e. The van der Waals surface area contributed by atoms with Crippen molar-refractivity contribution in [3.8, 4) is 11.4 Å². The van der Waals surface area contributed by atoms with Crippen LogP contribution in [0.5, 0.6) is 0 Å². The molecule has 8 heteroatoms. The fourth-order valence-corrected chi connectivity index (χ4v) is 4.52. The number of nitrogens with one attached hydrogen (secondary N) is 1. The minimum atomic E-state index is -0.0720. The van der Waals surface area contributed by atoms with Crippen LogP contribution in [0.1, 0.15) is 18.1 Å². The molecular formula is C20H20BrClN4OS. The number of hydrogen-bond donors (Lipinski definition) is 1. The number of aromatic nitrogens is 3. The Hall–Kier alpha value is -1.83. The summed E-state index contributed by atoms with van der Waals surface area (Å²) < 4.78 is 3.00. The first-order valence-electron chi connectivity index (χ1n) is 8.77. The van der Waals surface area contributed by atoms with Gasteiger partial charge >= 0.3 is 0 Å². The van der Waals surface area contributed by atoms with E-state index >= 15 is 0 Å². The molecule has 146 valence electrons. The van der Waals surface area contributed by atoms with Crippen LogP contribution in [0.2, 0.25) is 5.02 Å². The zero-order chi connectivity index (χ0) is 20.3. The average Bonchev–Trinajstić information content (AvgIpc) is 3.06. The lowest BCUT2D eigenvalue weighted by molar-refractivity contribution is -0.113. The summed E-state index contributed by atoms with van der Waals surface area (Å²) in [6.45, 7) is 6.69. The van der Waals surface area contributed by atoms with Crippen LogP contribution in [0, 0.1) is 13.8 Å². The number of thioether (sulfide) groups is 1. The van der Waals surface area contributed by atoms with Gasteiger partial charge in [0.2, 0.25) is 5.91 Å². The van der Waals surface area contributed by atoms with E-state index in [0.29, 0.717) is 16.7 Å². The summed E-state index contributed by atoms with van der Waals surface area (Å²) in [7, 11) is 0. The van der Waals surface area contributed by atoms with Crippen LogP contribution in [0.15, 0.2) is 46.0 Å². The number of halogens is 2. The first-order valence-corrected chi connectivity index (χ1v) is 10.9. The highest BCUT2D eigenvalue weighted by Crippen LogP contribution is 2.27. The van der Waals surface area contributed by atoms with Gasteiger partial charge in [-0.3, -0.25) is 4.79 Å². The Morgan fingerprint density at radius 3 is 2.43 bits per heavy atom. The Morgan fingerprint density at radius 1 is 1.18 bits per heavy atom. The number of nitrogens with zero attached hydrogens (tertiary/aromatic N) is 3. The van der Waals surface area contributed by atoms with Crippen LogP contribution in [0.25, 0.3) is 11.4 Å². The Balaban J connectivity index is 1.71. The van der Waals surface area contributed by atoms with E-state index in [-0.39, 0.29) is 11.7 Å². The summed E-state index contributed by atoms with van der Waals surface area (Å²) in [5, 5.41) is 13.0. The van der Waals surface area contributed by atoms with E-state index in [2.05, 4.69) is 31.4 Å². The van der Waals surface area contributed by atoms with Crippen molar-refractivity contribution < 1.29 is 4.79 Å². The van der Waals surface area contributed by atoms with Gasteiger partial charge in [0.15, 0.2) is 11.0 Å². The summed E-state index contributed by atoms with van der Waals surface area (Å²) in [5.41, 5.74) is 3.84. The normalized spacial score (nSPS) is 10.9. The molecule has 0 aliphatic rings. The maximum absolute atomic E-state index is 12.5. The van der Waals surface area contributed by atoms with E-state index in [4.69, 9.17) is 11.6 Å². The second-order valence-electron chi connectivity index (χ2n) is 6.31. The fraction of sp³-hybridized carbons (Fsp3) is 0.250. The van der Waals surface area contributed by atoms with Gasteiger partial charge in [-0.1, -0.05) is 39.3 Å². The number of hydrogen-bond acceptors (Lipinski definition) is 4. The molecule has 5 nitrogen and oxygen atoms in total. The monoisotopic (exact) mass is 478 g/mol. The van der Waals surface area contributed by atoms with Gasteiger partial charge in [0.25, 0.3) is 0 Å². The average molecular weight is 480 g/mol. The van der Waals surface area contributed by atoms with Crippen molar-refractivity contribution in [2.75, 3.05) is 11.1 Å². The minimum Gasteiger partial charge on any atom is -0.325 e. The maximum atomic E-state index is 12.5. The minimum absolute atomic E-state index is 0.0720. The third-order valence-corrected chi connectivity index (χ3v) is 5.91. The Morgan fingerprint density at radius 2 is 1.82 bits per heavy atom. The summed E-state index contributed by atoms with van der Waals surface area (Å²) in [6, 6.07) is 11.5. The highest BCUT2D eigenvalue weighted by atomic mass is 79.9. The maximum Gasteiger partial charge on any atom is 0.234 e. The summed E-state index contributed by atoms with van der Waals surface area (Å²) >= 11 is 10.8. The fourth-order valence-electron chi connectivity index (χ4n) is 2.91. The van der Waals surface area contributed by atoms with Gasteiger partial charge in [-0.05, 0) is 68.3 Å². The molecule has 0 aliphatic heterocycles. The van der Waals surface area contributed by atoms with Crippen LogP contribution in [0.4, 0.5) is 5.69 Å². The molecule has 0 spiro atoms. The molecule has 0 unspecified atom stereocenters. The zero-order valence-electron chi connectivity index (χ0n) is 15.8. The van der Waals surface area contributed by atoms with Gasteiger partial charge in [-0.2, -0.15) is 0 Å². The van der Waals surface area contributed by atoms with Gasteiger partial charge < -0.3 is 9.88 Å². The molecule has 3 rings (SSSR count). The highest BCUT2D eigenvalue weighted by molar-refractivity contribution is 9.10. The van der Waals surface area contributed by atoms with E-state index in [1.54, 1.807) is 0 Å². The number of aryl methyl sites for hydroxylation is 2. The summed E-state index contributed by atoms with van der Waals surface area (Å²) in [4.78, 5) is 12.5. The van der Waals surface area contributed by atoms with Gasteiger partial charge in [-0.15, -0.1) is 10.2 Å². The molecule has 1 aromatic heterocycles. The Bertz CT molecular complexity index is 981. The molecule has 0 saturated heterocycles. The lowest BCUT2D eigenvalue weighted by atomic mass is 10.1. The molecule has 0 radical (unpaired) electrons. The van der Waals surface area contributed by atoms with Crippen LogP contribution < -0.4 is 5.32 Å². The Kier molecular flexibility index (Phi) is 6.80. The van der Waals surface area contributed by atoms with Crippen molar-refractivity contribution in [1.29, 1.82) is 0 Å². The first kappa shape index (κ1) is 20.9. The number of benzene rings is 2. The van der Waals surface area contributed by atoms with Crippen molar-refractivity contribution in [2.24, 2.45) is 0 Å². The van der Waals surface area contributed by atoms with Crippen LogP contribution >= 0.6 is 39.3 Å². The molecular weight excluding hydrogens is 460 g/mol.